The SMILES string of the molecule is COc1ccccc1CC(=O)N1CCN(C(=O)c2cccc(Cl)c2)CC1. The quantitative estimate of drug-likeness (QED) is 0.829. The van der Waals surface area contributed by atoms with E-state index in [1.54, 1.807) is 41.2 Å². The zero-order valence-electron chi connectivity index (χ0n) is 14.7. The smallest absolute Gasteiger partial charge is 0.254 e. The topological polar surface area (TPSA) is 49.9 Å². The molecule has 0 aromatic heterocycles. The molecule has 26 heavy (non-hydrogen) atoms. The van der Waals surface area contributed by atoms with Gasteiger partial charge in [0, 0.05) is 42.3 Å². The summed E-state index contributed by atoms with van der Waals surface area (Å²) in [5.41, 5.74) is 1.45. The molecule has 2 amide bonds. The first-order valence-electron chi connectivity index (χ1n) is 8.53. The third-order valence-corrected chi connectivity index (χ3v) is 4.76. The van der Waals surface area contributed by atoms with E-state index in [1.807, 2.05) is 24.3 Å². The van der Waals surface area contributed by atoms with Gasteiger partial charge in [-0.1, -0.05) is 35.9 Å². The summed E-state index contributed by atoms with van der Waals surface area (Å²) in [7, 11) is 1.60. The predicted molar refractivity (Wildman–Crippen MR) is 101 cm³/mol. The number of para-hydroxylation sites is 1. The fraction of sp³-hybridized carbons (Fsp3) is 0.300. The van der Waals surface area contributed by atoms with Crippen molar-refractivity contribution in [3.63, 3.8) is 0 Å². The zero-order chi connectivity index (χ0) is 18.5. The van der Waals surface area contributed by atoms with Crippen molar-refractivity contribution in [3.05, 3.63) is 64.7 Å². The molecule has 1 saturated heterocycles. The summed E-state index contributed by atoms with van der Waals surface area (Å²) < 4.78 is 5.31. The van der Waals surface area contributed by atoms with Crippen molar-refractivity contribution in [3.8, 4) is 5.75 Å². The molecule has 0 N–H and O–H groups in total. The molecule has 136 valence electrons. The molecule has 0 atom stereocenters. The van der Waals surface area contributed by atoms with Crippen molar-refractivity contribution in [2.75, 3.05) is 33.3 Å². The number of carbonyl (C=O) groups is 2. The lowest BCUT2D eigenvalue weighted by Crippen LogP contribution is -2.51. The van der Waals surface area contributed by atoms with E-state index in [4.69, 9.17) is 16.3 Å². The van der Waals surface area contributed by atoms with E-state index in [0.717, 1.165) is 11.3 Å². The van der Waals surface area contributed by atoms with Crippen molar-refractivity contribution in [1.82, 2.24) is 9.80 Å². The van der Waals surface area contributed by atoms with Crippen molar-refractivity contribution in [2.24, 2.45) is 0 Å². The zero-order valence-corrected chi connectivity index (χ0v) is 15.4. The lowest BCUT2D eigenvalue weighted by Gasteiger charge is -2.35. The monoisotopic (exact) mass is 372 g/mol. The summed E-state index contributed by atoms with van der Waals surface area (Å²) in [4.78, 5) is 28.7. The van der Waals surface area contributed by atoms with Gasteiger partial charge < -0.3 is 14.5 Å². The fourth-order valence-electron chi connectivity index (χ4n) is 3.09. The predicted octanol–water partition coefficient (Wildman–Crippen LogP) is 2.88. The van der Waals surface area contributed by atoms with Crippen molar-refractivity contribution in [2.45, 2.75) is 6.42 Å². The number of hydrogen-bond donors (Lipinski definition) is 0. The van der Waals surface area contributed by atoms with Gasteiger partial charge in [0.2, 0.25) is 5.91 Å². The minimum atomic E-state index is -0.0515. The van der Waals surface area contributed by atoms with Crippen LogP contribution in [-0.2, 0) is 11.2 Å². The molecule has 2 aromatic rings. The Kier molecular flexibility index (Phi) is 5.78. The van der Waals surface area contributed by atoms with Crippen LogP contribution in [0.1, 0.15) is 15.9 Å². The number of rotatable bonds is 4. The van der Waals surface area contributed by atoms with Crippen LogP contribution >= 0.6 is 11.6 Å². The molecule has 6 heteroatoms. The number of amides is 2. The maximum absolute atomic E-state index is 12.6. The highest BCUT2D eigenvalue weighted by Gasteiger charge is 2.25. The van der Waals surface area contributed by atoms with E-state index in [1.165, 1.54) is 0 Å². The normalized spacial score (nSPS) is 14.2. The van der Waals surface area contributed by atoms with Crippen molar-refractivity contribution >= 4 is 23.4 Å². The molecule has 1 heterocycles. The summed E-state index contributed by atoms with van der Waals surface area (Å²) >= 11 is 5.96. The molecular weight excluding hydrogens is 352 g/mol. The number of benzene rings is 2. The second-order valence-corrected chi connectivity index (χ2v) is 6.61. The average molecular weight is 373 g/mol. The second-order valence-electron chi connectivity index (χ2n) is 6.17. The molecule has 0 radical (unpaired) electrons. The number of nitrogens with zero attached hydrogens (tertiary/aromatic N) is 2. The summed E-state index contributed by atoms with van der Waals surface area (Å²) in [6.45, 7) is 2.09. The molecule has 0 spiro atoms. The number of halogens is 1. The summed E-state index contributed by atoms with van der Waals surface area (Å²) in [5.74, 6) is 0.712. The number of piperazine rings is 1. The Hall–Kier alpha value is -2.53. The van der Waals surface area contributed by atoms with Crippen LogP contribution < -0.4 is 4.74 Å². The largest absolute Gasteiger partial charge is 0.496 e. The highest BCUT2D eigenvalue weighted by atomic mass is 35.5. The molecule has 1 aliphatic heterocycles. The number of methoxy groups -OCH3 is 1. The van der Waals surface area contributed by atoms with Gasteiger partial charge in [-0.3, -0.25) is 9.59 Å². The van der Waals surface area contributed by atoms with Crippen LogP contribution in [0.3, 0.4) is 0 Å². The van der Waals surface area contributed by atoms with E-state index in [-0.39, 0.29) is 11.8 Å². The second kappa shape index (κ2) is 8.23. The lowest BCUT2D eigenvalue weighted by atomic mass is 10.1. The molecule has 0 unspecified atom stereocenters. The Morgan fingerprint density at radius 1 is 1.00 bits per heavy atom. The van der Waals surface area contributed by atoms with E-state index in [0.29, 0.717) is 43.2 Å². The molecule has 0 aliphatic carbocycles. The van der Waals surface area contributed by atoms with Crippen LogP contribution in [0.25, 0.3) is 0 Å². The van der Waals surface area contributed by atoms with Crippen LogP contribution in [0, 0.1) is 0 Å². The fourth-order valence-corrected chi connectivity index (χ4v) is 3.28. The third kappa shape index (κ3) is 4.17. The molecule has 0 bridgehead atoms. The first kappa shape index (κ1) is 18.3. The van der Waals surface area contributed by atoms with Crippen LogP contribution in [-0.4, -0.2) is 54.9 Å². The maximum Gasteiger partial charge on any atom is 0.254 e. The first-order chi connectivity index (χ1) is 12.6. The van der Waals surface area contributed by atoms with Gasteiger partial charge in [-0.25, -0.2) is 0 Å². The van der Waals surface area contributed by atoms with Gasteiger partial charge in [0.1, 0.15) is 5.75 Å². The molecule has 0 saturated carbocycles. The van der Waals surface area contributed by atoms with E-state index < -0.39 is 0 Å². The highest BCUT2D eigenvalue weighted by Crippen LogP contribution is 2.19. The third-order valence-electron chi connectivity index (χ3n) is 4.53. The standard InChI is InChI=1S/C20H21ClN2O3/c1-26-18-8-3-2-5-15(18)14-19(24)22-9-11-23(12-10-22)20(25)16-6-4-7-17(21)13-16/h2-8,13H,9-12,14H2,1H3. The Balaban J connectivity index is 1.58. The Labute approximate surface area is 158 Å². The highest BCUT2D eigenvalue weighted by molar-refractivity contribution is 6.30. The minimum Gasteiger partial charge on any atom is -0.496 e. The molecule has 3 rings (SSSR count). The Morgan fingerprint density at radius 2 is 1.69 bits per heavy atom. The van der Waals surface area contributed by atoms with Gasteiger partial charge in [0.15, 0.2) is 0 Å². The number of carbonyl (C=O) groups excluding carboxylic acids is 2. The first-order valence-corrected chi connectivity index (χ1v) is 8.91. The summed E-state index contributed by atoms with van der Waals surface area (Å²) in [6, 6.07) is 14.5. The van der Waals surface area contributed by atoms with Gasteiger partial charge >= 0.3 is 0 Å². The van der Waals surface area contributed by atoms with E-state index in [2.05, 4.69) is 0 Å². The minimum absolute atomic E-state index is 0.0457. The molecular formula is C20H21ClN2O3. The van der Waals surface area contributed by atoms with E-state index >= 15 is 0 Å². The Bertz CT molecular complexity index is 801. The average Bonchev–Trinajstić information content (AvgIpc) is 2.68. The van der Waals surface area contributed by atoms with Crippen LogP contribution in [0.5, 0.6) is 5.75 Å². The van der Waals surface area contributed by atoms with Gasteiger partial charge in [0.05, 0.1) is 13.5 Å². The van der Waals surface area contributed by atoms with Crippen molar-refractivity contribution < 1.29 is 14.3 Å². The molecule has 1 fully saturated rings. The lowest BCUT2D eigenvalue weighted by molar-refractivity contribution is -0.131. The van der Waals surface area contributed by atoms with Gasteiger partial charge in [-0.05, 0) is 24.3 Å². The molecule has 2 aromatic carbocycles. The van der Waals surface area contributed by atoms with Crippen molar-refractivity contribution in [1.29, 1.82) is 0 Å². The van der Waals surface area contributed by atoms with Gasteiger partial charge in [0.25, 0.3) is 5.91 Å². The van der Waals surface area contributed by atoms with Crippen LogP contribution in [0.15, 0.2) is 48.5 Å². The summed E-state index contributed by atoms with van der Waals surface area (Å²) in [6.07, 6.45) is 0.298. The van der Waals surface area contributed by atoms with E-state index in [9.17, 15) is 9.59 Å². The molecule has 1 aliphatic rings. The van der Waals surface area contributed by atoms with Crippen LogP contribution in [0.2, 0.25) is 5.02 Å². The Morgan fingerprint density at radius 3 is 2.38 bits per heavy atom. The number of ether oxygens (including phenoxy) is 1. The van der Waals surface area contributed by atoms with Gasteiger partial charge in [-0.15, -0.1) is 0 Å². The summed E-state index contributed by atoms with van der Waals surface area (Å²) in [5, 5.41) is 0.543. The number of hydrogen-bond acceptors (Lipinski definition) is 3. The molecule has 5 nitrogen and oxygen atoms in total. The maximum atomic E-state index is 12.6. The van der Waals surface area contributed by atoms with Gasteiger partial charge in [-0.2, -0.15) is 0 Å². The van der Waals surface area contributed by atoms with Crippen LogP contribution in [0.4, 0.5) is 0 Å².